The van der Waals surface area contributed by atoms with Crippen molar-refractivity contribution in [3.8, 4) is 0 Å². The van der Waals surface area contributed by atoms with Crippen molar-refractivity contribution in [1.29, 1.82) is 0 Å². The lowest BCUT2D eigenvalue weighted by molar-refractivity contribution is 0.147. The van der Waals surface area contributed by atoms with Crippen molar-refractivity contribution in [2.24, 2.45) is 0 Å². The molecule has 0 aliphatic carbocycles. The summed E-state index contributed by atoms with van der Waals surface area (Å²) >= 11 is 1.03. The lowest BCUT2D eigenvalue weighted by Gasteiger charge is -2.16. The number of benzene rings is 1. The van der Waals surface area contributed by atoms with E-state index in [9.17, 15) is 4.79 Å². The van der Waals surface area contributed by atoms with Gasteiger partial charge in [-0.3, -0.25) is 0 Å². The summed E-state index contributed by atoms with van der Waals surface area (Å²) in [5.41, 5.74) is 0.921. The molecule has 7 heteroatoms. The number of aromatic nitrogens is 3. The van der Waals surface area contributed by atoms with Crippen LogP contribution in [-0.4, -0.2) is 27.4 Å². The van der Waals surface area contributed by atoms with E-state index in [-0.39, 0.29) is 6.61 Å². The summed E-state index contributed by atoms with van der Waals surface area (Å²) in [6, 6.07) is 9.45. The molecule has 1 amide bonds. The number of carbonyl (C=O) groups is 1. The van der Waals surface area contributed by atoms with Crippen LogP contribution >= 0.6 is 11.5 Å². The highest BCUT2D eigenvalue weighted by molar-refractivity contribution is 7.09. The molecule has 6 nitrogen and oxygen atoms in total. The number of hydrogen-bond donors (Lipinski definition) is 0. The first-order chi connectivity index (χ1) is 9.31. The second-order valence-electron chi connectivity index (χ2n) is 3.58. The van der Waals surface area contributed by atoms with Gasteiger partial charge in [0.2, 0.25) is 5.13 Å². The highest BCUT2D eigenvalue weighted by Gasteiger charge is 2.19. The highest BCUT2D eigenvalue weighted by atomic mass is 32.1. The van der Waals surface area contributed by atoms with Gasteiger partial charge in [0.25, 0.3) is 0 Å². The average Bonchev–Trinajstić information content (AvgIpc) is 2.97. The van der Waals surface area contributed by atoms with Gasteiger partial charge >= 0.3 is 6.09 Å². The van der Waals surface area contributed by atoms with Crippen LogP contribution in [0.15, 0.2) is 43.0 Å². The van der Waals surface area contributed by atoms with Crippen LogP contribution in [0.1, 0.15) is 5.56 Å². The molecule has 0 radical (unpaired) electrons. The zero-order valence-corrected chi connectivity index (χ0v) is 10.9. The molecule has 98 valence electrons. The third-order valence-corrected chi connectivity index (χ3v) is 2.88. The Morgan fingerprint density at radius 2 is 2.21 bits per heavy atom. The van der Waals surface area contributed by atoms with Crippen LogP contribution < -0.4 is 4.90 Å². The van der Waals surface area contributed by atoms with E-state index in [1.807, 2.05) is 30.3 Å². The normalized spacial score (nSPS) is 9.89. The van der Waals surface area contributed by atoms with E-state index in [1.54, 1.807) is 6.08 Å². The van der Waals surface area contributed by atoms with Crippen molar-refractivity contribution in [3.05, 3.63) is 48.6 Å². The standard InChI is InChI=1S/C12H12N4O2S/c1-2-8-16(11-13-14-15-19-11)12(17)18-9-10-6-4-3-5-7-10/h2-7H,1,8-9H2. The minimum atomic E-state index is -0.498. The predicted molar refractivity (Wildman–Crippen MR) is 71.9 cm³/mol. The first-order valence-electron chi connectivity index (χ1n) is 5.55. The number of carbonyl (C=O) groups excluding carboxylic acids is 1. The maximum Gasteiger partial charge on any atom is 0.416 e. The number of anilines is 1. The molecule has 2 rings (SSSR count). The molecule has 0 spiro atoms. The maximum atomic E-state index is 12.0. The molecular weight excluding hydrogens is 264 g/mol. The van der Waals surface area contributed by atoms with Crippen molar-refractivity contribution in [2.75, 3.05) is 11.4 Å². The molecular formula is C12H12N4O2S. The van der Waals surface area contributed by atoms with Crippen molar-refractivity contribution >= 4 is 22.8 Å². The monoisotopic (exact) mass is 276 g/mol. The quantitative estimate of drug-likeness (QED) is 0.783. The number of nitrogens with zero attached hydrogens (tertiary/aromatic N) is 4. The summed E-state index contributed by atoms with van der Waals surface area (Å²) in [5.74, 6) is 0. The van der Waals surface area contributed by atoms with Crippen molar-refractivity contribution < 1.29 is 9.53 Å². The van der Waals surface area contributed by atoms with Gasteiger partial charge in [-0.15, -0.1) is 6.58 Å². The Hall–Kier alpha value is -2.28. The Morgan fingerprint density at radius 3 is 2.84 bits per heavy atom. The summed E-state index contributed by atoms with van der Waals surface area (Å²) in [6.07, 6.45) is 1.09. The molecule has 0 saturated carbocycles. The van der Waals surface area contributed by atoms with Crippen molar-refractivity contribution in [1.82, 2.24) is 14.8 Å². The van der Waals surface area contributed by atoms with Crippen molar-refractivity contribution in [3.63, 3.8) is 0 Å². The summed E-state index contributed by atoms with van der Waals surface area (Å²) in [7, 11) is 0. The summed E-state index contributed by atoms with van der Waals surface area (Å²) in [6.45, 7) is 4.10. The van der Waals surface area contributed by atoms with Crippen LogP contribution in [-0.2, 0) is 11.3 Å². The first kappa shape index (κ1) is 13.2. The predicted octanol–water partition coefficient (Wildman–Crippen LogP) is 2.26. The van der Waals surface area contributed by atoms with Crippen LogP contribution in [0.25, 0.3) is 0 Å². The Bertz CT molecular complexity index is 530. The molecule has 2 aromatic rings. The van der Waals surface area contributed by atoms with Gasteiger partial charge in [0, 0.05) is 18.1 Å². The van der Waals surface area contributed by atoms with Crippen LogP contribution in [0, 0.1) is 0 Å². The van der Waals surface area contributed by atoms with Crippen LogP contribution in [0.5, 0.6) is 0 Å². The van der Waals surface area contributed by atoms with E-state index >= 15 is 0 Å². The van der Waals surface area contributed by atoms with E-state index < -0.39 is 6.09 Å². The topological polar surface area (TPSA) is 68.2 Å². The molecule has 0 unspecified atom stereocenters. The second kappa shape index (κ2) is 6.60. The molecule has 0 saturated heterocycles. The van der Waals surface area contributed by atoms with Gasteiger partial charge in [-0.25, -0.2) is 9.69 Å². The van der Waals surface area contributed by atoms with Crippen LogP contribution in [0.3, 0.4) is 0 Å². The lowest BCUT2D eigenvalue weighted by atomic mass is 10.2. The third-order valence-electron chi connectivity index (χ3n) is 2.26. The average molecular weight is 276 g/mol. The van der Waals surface area contributed by atoms with E-state index in [1.165, 1.54) is 4.90 Å². The number of amides is 1. The molecule has 0 aliphatic rings. The molecule has 0 fully saturated rings. The first-order valence-corrected chi connectivity index (χ1v) is 6.32. The summed E-state index contributed by atoms with van der Waals surface area (Å²) < 4.78 is 8.84. The van der Waals surface area contributed by atoms with E-state index in [2.05, 4.69) is 21.4 Å². The van der Waals surface area contributed by atoms with Gasteiger partial charge in [-0.05, 0) is 10.8 Å². The molecule has 0 atom stereocenters. The van der Waals surface area contributed by atoms with Crippen molar-refractivity contribution in [2.45, 2.75) is 6.61 Å². The zero-order chi connectivity index (χ0) is 13.5. The summed E-state index contributed by atoms with van der Waals surface area (Å²) in [5, 5.41) is 7.59. The smallest absolute Gasteiger partial charge is 0.416 e. The fourth-order valence-electron chi connectivity index (χ4n) is 1.39. The van der Waals surface area contributed by atoms with E-state index in [0.717, 1.165) is 17.1 Å². The van der Waals surface area contributed by atoms with E-state index in [0.29, 0.717) is 11.7 Å². The number of rotatable bonds is 5. The Labute approximate surface area is 114 Å². The number of hydrogen-bond acceptors (Lipinski definition) is 6. The lowest BCUT2D eigenvalue weighted by Crippen LogP contribution is -2.31. The SMILES string of the molecule is C=CCN(C(=O)OCc1ccccc1)c1nnns1. The van der Waals surface area contributed by atoms with Gasteiger partial charge in [0.15, 0.2) is 0 Å². The fraction of sp³-hybridized carbons (Fsp3) is 0.167. The Kier molecular flexibility index (Phi) is 4.57. The maximum absolute atomic E-state index is 12.0. The molecule has 1 aromatic carbocycles. The Balaban J connectivity index is 1.98. The second-order valence-corrected chi connectivity index (χ2v) is 4.30. The minimum Gasteiger partial charge on any atom is -0.444 e. The molecule has 0 bridgehead atoms. The third kappa shape index (κ3) is 3.59. The number of ether oxygens (including phenoxy) is 1. The van der Waals surface area contributed by atoms with Gasteiger partial charge in [-0.1, -0.05) is 46.0 Å². The molecule has 1 aromatic heterocycles. The fourth-order valence-corrected chi connectivity index (χ4v) is 1.86. The molecule has 1 heterocycles. The largest absolute Gasteiger partial charge is 0.444 e. The zero-order valence-electron chi connectivity index (χ0n) is 10.1. The van der Waals surface area contributed by atoms with Gasteiger partial charge in [-0.2, -0.15) is 0 Å². The Morgan fingerprint density at radius 1 is 1.42 bits per heavy atom. The summed E-state index contributed by atoms with van der Waals surface area (Å²) in [4.78, 5) is 13.3. The van der Waals surface area contributed by atoms with E-state index in [4.69, 9.17) is 4.74 Å². The molecule has 19 heavy (non-hydrogen) atoms. The highest BCUT2D eigenvalue weighted by Crippen LogP contribution is 2.15. The van der Waals surface area contributed by atoms with Gasteiger partial charge in [0.1, 0.15) is 6.61 Å². The van der Waals surface area contributed by atoms with Gasteiger partial charge < -0.3 is 4.74 Å². The molecule has 0 N–H and O–H groups in total. The molecule has 0 aliphatic heterocycles. The van der Waals surface area contributed by atoms with Crippen LogP contribution in [0.4, 0.5) is 9.93 Å². The van der Waals surface area contributed by atoms with Crippen LogP contribution in [0.2, 0.25) is 0 Å². The van der Waals surface area contributed by atoms with Gasteiger partial charge in [0.05, 0.1) is 0 Å². The minimum absolute atomic E-state index is 0.208.